The monoisotopic (exact) mass is 250 g/mol. The first-order valence-corrected chi connectivity index (χ1v) is 7.57. The molecular formula is C16H26O2. The van der Waals surface area contributed by atoms with Gasteiger partial charge in [0.1, 0.15) is 0 Å². The van der Waals surface area contributed by atoms with Gasteiger partial charge in [-0.2, -0.15) is 0 Å². The van der Waals surface area contributed by atoms with Crippen LogP contribution in [0.5, 0.6) is 0 Å². The van der Waals surface area contributed by atoms with E-state index in [1.54, 1.807) is 6.08 Å². The van der Waals surface area contributed by atoms with E-state index in [0.29, 0.717) is 5.76 Å². The predicted octanol–water partition coefficient (Wildman–Crippen LogP) is 4.55. The number of carbonyl (C=O) groups excluding carboxylic acids is 1. The first-order chi connectivity index (χ1) is 8.62. The summed E-state index contributed by atoms with van der Waals surface area (Å²) in [5.41, 5.74) is -0.207. The summed E-state index contributed by atoms with van der Waals surface area (Å²) in [5, 5.41) is 10.1. The van der Waals surface area contributed by atoms with Crippen molar-refractivity contribution in [2.75, 3.05) is 0 Å². The summed E-state index contributed by atoms with van der Waals surface area (Å²) >= 11 is 0. The maximum atomic E-state index is 12.3. The third kappa shape index (κ3) is 3.15. The molecule has 0 amide bonds. The molecule has 1 N–H and O–H groups in total. The lowest BCUT2D eigenvalue weighted by atomic mass is 9.72. The minimum atomic E-state index is -0.207. The maximum Gasteiger partial charge on any atom is 0.164 e. The van der Waals surface area contributed by atoms with Gasteiger partial charge in [0.2, 0.25) is 0 Å². The van der Waals surface area contributed by atoms with E-state index >= 15 is 0 Å². The average Bonchev–Trinajstić information content (AvgIpc) is 2.40. The van der Waals surface area contributed by atoms with Crippen molar-refractivity contribution in [1.29, 1.82) is 0 Å². The highest BCUT2D eigenvalue weighted by Gasteiger charge is 2.33. The summed E-state index contributed by atoms with van der Waals surface area (Å²) in [6, 6.07) is 0. The third-order valence-corrected chi connectivity index (χ3v) is 4.85. The van der Waals surface area contributed by atoms with Gasteiger partial charge in [-0.1, -0.05) is 45.4 Å². The van der Waals surface area contributed by atoms with Crippen LogP contribution in [0.15, 0.2) is 11.8 Å². The molecule has 0 bridgehead atoms. The Hall–Kier alpha value is -0.790. The summed E-state index contributed by atoms with van der Waals surface area (Å²) < 4.78 is 0. The number of allylic oxidation sites excluding steroid dienone is 2. The zero-order valence-electron chi connectivity index (χ0n) is 11.6. The first kappa shape index (κ1) is 13.6. The average molecular weight is 250 g/mol. The van der Waals surface area contributed by atoms with Crippen molar-refractivity contribution < 1.29 is 9.90 Å². The minimum Gasteiger partial charge on any atom is -0.512 e. The second-order valence-corrected chi connectivity index (χ2v) is 6.39. The molecular weight excluding hydrogens is 224 g/mol. The Morgan fingerprint density at radius 2 is 1.61 bits per heavy atom. The van der Waals surface area contributed by atoms with Crippen LogP contribution in [0.4, 0.5) is 0 Å². The molecule has 2 aliphatic carbocycles. The summed E-state index contributed by atoms with van der Waals surface area (Å²) in [5.74, 6) is 0.756. The Morgan fingerprint density at radius 1 is 1.06 bits per heavy atom. The van der Waals surface area contributed by atoms with E-state index in [9.17, 15) is 9.90 Å². The molecule has 102 valence electrons. The highest BCUT2D eigenvalue weighted by atomic mass is 16.3. The van der Waals surface area contributed by atoms with Crippen LogP contribution in [-0.4, -0.2) is 10.9 Å². The molecule has 0 unspecified atom stereocenters. The molecule has 0 heterocycles. The van der Waals surface area contributed by atoms with Gasteiger partial charge in [-0.3, -0.25) is 4.79 Å². The van der Waals surface area contributed by atoms with Crippen LogP contribution < -0.4 is 0 Å². The van der Waals surface area contributed by atoms with Crippen molar-refractivity contribution in [2.24, 2.45) is 11.3 Å². The number of carbonyl (C=O) groups is 1. The molecule has 2 rings (SSSR count). The van der Waals surface area contributed by atoms with Gasteiger partial charge < -0.3 is 5.11 Å². The number of hydrogen-bond donors (Lipinski definition) is 1. The Kier molecular flexibility index (Phi) is 4.47. The minimum absolute atomic E-state index is 0.158. The number of aliphatic hydroxyl groups is 1. The molecule has 2 fully saturated rings. The first-order valence-electron chi connectivity index (χ1n) is 7.57. The lowest BCUT2D eigenvalue weighted by Gasteiger charge is -2.31. The van der Waals surface area contributed by atoms with Gasteiger partial charge in [-0.15, -0.1) is 0 Å². The Balaban J connectivity index is 1.99. The number of ketones is 1. The van der Waals surface area contributed by atoms with E-state index in [2.05, 4.69) is 6.92 Å². The predicted molar refractivity (Wildman–Crippen MR) is 73.5 cm³/mol. The van der Waals surface area contributed by atoms with Crippen LogP contribution in [0, 0.1) is 11.3 Å². The van der Waals surface area contributed by atoms with E-state index in [0.717, 1.165) is 38.5 Å². The second kappa shape index (κ2) is 5.90. The highest BCUT2D eigenvalue weighted by Crippen LogP contribution is 2.38. The summed E-state index contributed by atoms with van der Waals surface area (Å²) in [4.78, 5) is 12.3. The molecule has 2 saturated carbocycles. The molecule has 2 aliphatic rings. The topological polar surface area (TPSA) is 37.3 Å². The van der Waals surface area contributed by atoms with Gasteiger partial charge in [-0.25, -0.2) is 0 Å². The zero-order valence-corrected chi connectivity index (χ0v) is 11.6. The van der Waals surface area contributed by atoms with Crippen LogP contribution in [0.25, 0.3) is 0 Å². The largest absolute Gasteiger partial charge is 0.512 e. The second-order valence-electron chi connectivity index (χ2n) is 6.39. The van der Waals surface area contributed by atoms with Gasteiger partial charge in [0.15, 0.2) is 5.78 Å². The number of rotatable bonds is 3. The summed E-state index contributed by atoms with van der Waals surface area (Å²) in [7, 11) is 0. The zero-order chi connectivity index (χ0) is 13.0. The van der Waals surface area contributed by atoms with Gasteiger partial charge in [0.25, 0.3) is 0 Å². The fourth-order valence-electron chi connectivity index (χ4n) is 3.40. The Bertz CT molecular complexity index is 318. The van der Waals surface area contributed by atoms with E-state index in [-0.39, 0.29) is 17.1 Å². The van der Waals surface area contributed by atoms with Crippen LogP contribution in [0.2, 0.25) is 0 Å². The van der Waals surface area contributed by atoms with E-state index in [1.807, 2.05) is 0 Å². The Labute approximate surface area is 110 Å². The molecule has 18 heavy (non-hydrogen) atoms. The fraction of sp³-hybridized carbons (Fsp3) is 0.812. The fourth-order valence-corrected chi connectivity index (χ4v) is 3.40. The standard InChI is InChI=1S/C16H26O2/c1-16(10-6-3-7-11-16)15(18)12-14(17)13-8-4-2-5-9-13/h12-13,17H,2-11H2,1H3/b14-12-. The molecule has 0 aromatic rings. The quantitative estimate of drug-likeness (QED) is 0.589. The smallest absolute Gasteiger partial charge is 0.164 e. The molecule has 2 nitrogen and oxygen atoms in total. The molecule has 2 heteroatoms. The van der Waals surface area contributed by atoms with Gasteiger partial charge >= 0.3 is 0 Å². The normalized spacial score (nSPS) is 25.9. The van der Waals surface area contributed by atoms with Gasteiger partial charge in [0, 0.05) is 17.4 Å². The van der Waals surface area contributed by atoms with Crippen molar-refractivity contribution in [3.8, 4) is 0 Å². The Morgan fingerprint density at radius 3 is 2.22 bits per heavy atom. The molecule has 0 saturated heterocycles. The third-order valence-electron chi connectivity index (χ3n) is 4.85. The number of aliphatic hydroxyl groups excluding tert-OH is 1. The van der Waals surface area contributed by atoms with Crippen molar-refractivity contribution in [3.63, 3.8) is 0 Å². The highest BCUT2D eigenvalue weighted by molar-refractivity contribution is 5.94. The van der Waals surface area contributed by atoms with Crippen molar-refractivity contribution >= 4 is 5.78 Å². The van der Waals surface area contributed by atoms with E-state index in [4.69, 9.17) is 0 Å². The lowest BCUT2D eigenvalue weighted by molar-refractivity contribution is -0.124. The molecule has 0 aliphatic heterocycles. The van der Waals surface area contributed by atoms with Crippen molar-refractivity contribution in [1.82, 2.24) is 0 Å². The van der Waals surface area contributed by atoms with Gasteiger partial charge in [-0.05, 0) is 25.7 Å². The maximum absolute atomic E-state index is 12.3. The van der Waals surface area contributed by atoms with Crippen LogP contribution in [0.3, 0.4) is 0 Å². The van der Waals surface area contributed by atoms with Crippen LogP contribution >= 0.6 is 0 Å². The molecule has 0 atom stereocenters. The van der Waals surface area contributed by atoms with Crippen molar-refractivity contribution in [2.45, 2.75) is 71.1 Å². The van der Waals surface area contributed by atoms with Gasteiger partial charge in [0.05, 0.1) is 5.76 Å². The molecule has 0 aromatic heterocycles. The van der Waals surface area contributed by atoms with Crippen molar-refractivity contribution in [3.05, 3.63) is 11.8 Å². The van der Waals surface area contributed by atoms with Crippen LogP contribution in [0.1, 0.15) is 71.1 Å². The number of hydrogen-bond acceptors (Lipinski definition) is 2. The summed E-state index contributed by atoms with van der Waals surface area (Å²) in [6.45, 7) is 2.07. The molecule has 0 radical (unpaired) electrons. The molecule has 0 aromatic carbocycles. The van der Waals surface area contributed by atoms with E-state index in [1.165, 1.54) is 25.7 Å². The SMILES string of the molecule is CC1(C(=O)/C=C(\O)C2CCCCC2)CCCCC1. The summed E-state index contributed by atoms with van der Waals surface area (Å²) in [6.07, 6.45) is 12.8. The lowest BCUT2D eigenvalue weighted by Crippen LogP contribution is -2.29. The van der Waals surface area contributed by atoms with E-state index < -0.39 is 0 Å². The van der Waals surface area contributed by atoms with Crippen LogP contribution in [-0.2, 0) is 4.79 Å². The molecule has 0 spiro atoms.